The first-order chi connectivity index (χ1) is 17.0. The number of ketones is 1. The largest absolute Gasteiger partial charge is 0.481 e. The van der Waals surface area contributed by atoms with Gasteiger partial charge in [-0.05, 0) is 66.3 Å². The van der Waals surface area contributed by atoms with Gasteiger partial charge in [0.15, 0.2) is 0 Å². The number of aliphatic carboxylic acids is 1. The number of hydrogen-bond donors (Lipinski definition) is 2. The van der Waals surface area contributed by atoms with Crippen molar-refractivity contribution in [2.75, 3.05) is 6.54 Å². The Balaban J connectivity index is 1.59. The second-order valence-corrected chi connectivity index (χ2v) is 8.88. The Labute approximate surface area is 203 Å². The molecule has 0 amide bonds. The first-order valence-electron chi connectivity index (χ1n) is 11.8. The van der Waals surface area contributed by atoms with Crippen molar-refractivity contribution in [2.45, 2.75) is 45.2 Å². The van der Waals surface area contributed by atoms with Crippen LogP contribution in [0.3, 0.4) is 0 Å². The number of Topliss-reactive ketones (excluding diaryl/α,β-unsaturated/α-hetero) is 1. The first-order valence-corrected chi connectivity index (χ1v) is 11.8. The minimum Gasteiger partial charge on any atom is -0.481 e. The number of carboxylic acids is 1. The summed E-state index contributed by atoms with van der Waals surface area (Å²) in [5.41, 5.74) is 6.78. The second kappa shape index (κ2) is 9.38. The molecule has 1 aliphatic rings. The molecule has 35 heavy (non-hydrogen) atoms. The van der Waals surface area contributed by atoms with Crippen molar-refractivity contribution in [3.05, 3.63) is 88.2 Å². The third-order valence-corrected chi connectivity index (χ3v) is 6.84. The number of hydrogen-bond acceptors (Lipinski definition) is 6. The zero-order valence-electron chi connectivity index (χ0n) is 19.7. The summed E-state index contributed by atoms with van der Waals surface area (Å²) < 4.78 is 1.83. The number of fused-ring (bicyclic) bond motifs is 2. The summed E-state index contributed by atoms with van der Waals surface area (Å²) in [7, 11) is 0. The number of aryl methyl sites for hydroxylation is 2. The van der Waals surface area contributed by atoms with Crippen molar-refractivity contribution in [1.29, 1.82) is 0 Å². The maximum absolute atomic E-state index is 13.3. The summed E-state index contributed by atoms with van der Waals surface area (Å²) in [5, 5.41) is 21.7. The zero-order chi connectivity index (χ0) is 24.5. The number of carbonyl (C=O) groups is 2. The zero-order valence-corrected chi connectivity index (χ0v) is 19.7. The third-order valence-electron chi connectivity index (χ3n) is 6.84. The average Bonchev–Trinajstić information content (AvgIpc) is 3.31. The van der Waals surface area contributed by atoms with Gasteiger partial charge in [-0.15, -0.1) is 5.10 Å². The number of rotatable bonds is 7. The molecule has 1 aliphatic heterocycles. The van der Waals surface area contributed by atoms with Crippen LogP contribution >= 0.6 is 0 Å². The molecule has 2 N–H and O–H groups in total. The predicted molar refractivity (Wildman–Crippen MR) is 131 cm³/mol. The third kappa shape index (κ3) is 4.21. The number of pyridine rings is 1. The van der Waals surface area contributed by atoms with Gasteiger partial charge in [0, 0.05) is 25.2 Å². The molecule has 0 bridgehead atoms. The first kappa shape index (κ1) is 22.9. The van der Waals surface area contributed by atoms with E-state index in [1.54, 1.807) is 24.4 Å². The Bertz CT molecular complexity index is 1410. The van der Waals surface area contributed by atoms with E-state index in [-0.39, 0.29) is 18.1 Å². The van der Waals surface area contributed by atoms with Crippen LogP contribution in [-0.4, -0.2) is 43.4 Å². The lowest BCUT2D eigenvalue weighted by Crippen LogP contribution is -2.35. The van der Waals surface area contributed by atoms with Gasteiger partial charge < -0.3 is 10.4 Å². The molecular formula is C27H27N5O3. The van der Waals surface area contributed by atoms with Crippen LogP contribution < -0.4 is 5.32 Å². The standard InChI is InChI=1S/C27H27N5O3/c1-3-32-23-10-9-19(16(2)25(23)30-31-32)20(15-24(33)34)18-8-7-17-11-13-29-26(21(17)14-18)27(35)22-6-4-5-12-28-22/h4-10,12,14,20,26,29H,3,11,13,15H2,1-2H3,(H,33,34). The summed E-state index contributed by atoms with van der Waals surface area (Å²) in [5.74, 6) is -1.36. The normalized spacial score (nSPS) is 16.1. The van der Waals surface area contributed by atoms with Crippen molar-refractivity contribution in [1.82, 2.24) is 25.3 Å². The molecule has 4 aromatic rings. The molecule has 2 aromatic carbocycles. The lowest BCUT2D eigenvalue weighted by Gasteiger charge is -2.28. The number of nitrogens with one attached hydrogen (secondary N) is 1. The fourth-order valence-corrected chi connectivity index (χ4v) is 5.05. The topological polar surface area (TPSA) is 110 Å². The second-order valence-electron chi connectivity index (χ2n) is 8.88. The lowest BCUT2D eigenvalue weighted by molar-refractivity contribution is -0.137. The Morgan fingerprint density at radius 2 is 2.06 bits per heavy atom. The molecule has 0 saturated heterocycles. The molecule has 8 nitrogen and oxygen atoms in total. The molecule has 0 aliphatic carbocycles. The van der Waals surface area contributed by atoms with E-state index < -0.39 is 12.0 Å². The molecule has 2 aromatic heterocycles. The Morgan fingerprint density at radius 1 is 1.20 bits per heavy atom. The van der Waals surface area contributed by atoms with Gasteiger partial charge in [0.1, 0.15) is 11.2 Å². The van der Waals surface area contributed by atoms with Gasteiger partial charge in [0.05, 0.1) is 18.0 Å². The molecule has 0 radical (unpaired) electrons. The van der Waals surface area contributed by atoms with Crippen LogP contribution in [0, 0.1) is 6.92 Å². The molecule has 3 heterocycles. The predicted octanol–water partition coefficient (Wildman–Crippen LogP) is 3.83. The summed E-state index contributed by atoms with van der Waals surface area (Å²) in [6.45, 7) is 5.37. The molecular weight excluding hydrogens is 442 g/mol. The molecule has 0 saturated carbocycles. The van der Waals surface area contributed by atoms with Gasteiger partial charge in [0.2, 0.25) is 5.78 Å². The van der Waals surface area contributed by atoms with Crippen LogP contribution in [0.1, 0.15) is 63.6 Å². The number of carboxylic acid groups (broad SMARTS) is 1. The van der Waals surface area contributed by atoms with Crippen molar-refractivity contribution in [3.8, 4) is 0 Å². The number of nitrogens with zero attached hydrogens (tertiary/aromatic N) is 4. The summed E-state index contributed by atoms with van der Waals surface area (Å²) in [6.07, 6.45) is 2.35. The minimum atomic E-state index is -0.885. The molecule has 0 fully saturated rings. The molecule has 5 rings (SSSR count). The van der Waals surface area contributed by atoms with Gasteiger partial charge in [0.25, 0.3) is 0 Å². The summed E-state index contributed by atoms with van der Waals surface area (Å²) >= 11 is 0. The highest BCUT2D eigenvalue weighted by Gasteiger charge is 2.30. The van der Waals surface area contributed by atoms with Gasteiger partial charge in [-0.2, -0.15) is 0 Å². The highest BCUT2D eigenvalue weighted by atomic mass is 16.4. The van der Waals surface area contributed by atoms with Crippen molar-refractivity contribution >= 4 is 22.8 Å². The van der Waals surface area contributed by atoms with Gasteiger partial charge in [-0.3, -0.25) is 14.6 Å². The molecule has 8 heteroatoms. The number of aromatic nitrogens is 4. The molecule has 2 atom stereocenters. The van der Waals surface area contributed by atoms with Crippen LogP contribution in [0.5, 0.6) is 0 Å². The number of carbonyl (C=O) groups excluding carboxylic acids is 1. The van der Waals surface area contributed by atoms with E-state index in [0.29, 0.717) is 18.8 Å². The van der Waals surface area contributed by atoms with E-state index in [1.807, 2.05) is 48.9 Å². The van der Waals surface area contributed by atoms with Gasteiger partial charge in [-0.1, -0.05) is 35.5 Å². The van der Waals surface area contributed by atoms with Crippen LogP contribution in [0.25, 0.3) is 11.0 Å². The van der Waals surface area contributed by atoms with E-state index in [0.717, 1.165) is 45.3 Å². The van der Waals surface area contributed by atoms with Crippen molar-refractivity contribution < 1.29 is 14.7 Å². The van der Waals surface area contributed by atoms with Gasteiger partial charge in [-0.25, -0.2) is 4.68 Å². The van der Waals surface area contributed by atoms with E-state index in [2.05, 4.69) is 20.6 Å². The smallest absolute Gasteiger partial charge is 0.304 e. The highest BCUT2D eigenvalue weighted by Crippen LogP contribution is 2.36. The molecule has 178 valence electrons. The maximum Gasteiger partial charge on any atom is 0.304 e. The fourth-order valence-electron chi connectivity index (χ4n) is 5.05. The average molecular weight is 470 g/mol. The monoisotopic (exact) mass is 469 g/mol. The van der Waals surface area contributed by atoms with E-state index in [4.69, 9.17) is 0 Å². The van der Waals surface area contributed by atoms with Crippen LogP contribution in [-0.2, 0) is 17.8 Å². The molecule has 2 unspecified atom stereocenters. The van der Waals surface area contributed by atoms with Crippen LogP contribution in [0.4, 0.5) is 0 Å². The highest BCUT2D eigenvalue weighted by molar-refractivity contribution is 5.99. The van der Waals surface area contributed by atoms with E-state index in [9.17, 15) is 14.7 Å². The SMILES string of the molecule is CCn1nnc2c(C)c(C(CC(=O)O)c3ccc4c(c3)C(C(=O)c3ccccn3)NCC4)ccc21. The lowest BCUT2D eigenvalue weighted by atomic mass is 9.82. The Hall–Kier alpha value is -3.91. The Kier molecular flexibility index (Phi) is 6.13. The minimum absolute atomic E-state index is 0.0701. The maximum atomic E-state index is 13.3. The number of benzene rings is 2. The fraction of sp³-hybridized carbons (Fsp3) is 0.296. The van der Waals surface area contributed by atoms with Crippen LogP contribution in [0.15, 0.2) is 54.7 Å². The van der Waals surface area contributed by atoms with Crippen molar-refractivity contribution in [3.63, 3.8) is 0 Å². The van der Waals surface area contributed by atoms with E-state index >= 15 is 0 Å². The van der Waals surface area contributed by atoms with E-state index in [1.165, 1.54) is 0 Å². The van der Waals surface area contributed by atoms with Gasteiger partial charge >= 0.3 is 5.97 Å². The molecule has 0 spiro atoms. The summed E-state index contributed by atoms with van der Waals surface area (Å²) in [4.78, 5) is 29.4. The summed E-state index contributed by atoms with van der Waals surface area (Å²) in [6, 6.07) is 14.7. The Morgan fingerprint density at radius 3 is 2.80 bits per heavy atom. The van der Waals surface area contributed by atoms with Crippen LogP contribution in [0.2, 0.25) is 0 Å². The quantitative estimate of drug-likeness (QED) is 0.396. The van der Waals surface area contributed by atoms with Crippen molar-refractivity contribution in [2.24, 2.45) is 0 Å².